The Morgan fingerprint density at radius 1 is 0.630 bits per heavy atom. The number of nitrogens with zero attached hydrogens (tertiary/aromatic N) is 3. The Hall–Kier alpha value is -4.32. The minimum atomic E-state index is -3.91. The summed E-state index contributed by atoms with van der Waals surface area (Å²) >= 11 is 23.9. The summed E-state index contributed by atoms with van der Waals surface area (Å²) in [5.74, 6) is 0.992. The van der Waals surface area contributed by atoms with Gasteiger partial charge >= 0.3 is 12.1 Å². The van der Waals surface area contributed by atoms with E-state index in [0.717, 1.165) is 74.1 Å². The maximum atomic E-state index is 13.6. The zero-order valence-electron chi connectivity index (χ0n) is 52.9. The van der Waals surface area contributed by atoms with Gasteiger partial charge in [0.15, 0.2) is 0 Å². The summed E-state index contributed by atoms with van der Waals surface area (Å²) in [6.45, 7) is 14.2. The Morgan fingerprint density at radius 2 is 1.08 bits per heavy atom. The molecule has 510 valence electrons. The highest BCUT2D eigenvalue weighted by Gasteiger charge is 2.43. The van der Waals surface area contributed by atoms with Gasteiger partial charge in [0, 0.05) is 88.6 Å². The van der Waals surface area contributed by atoms with Gasteiger partial charge in [0.25, 0.3) is 11.3 Å². The van der Waals surface area contributed by atoms with Gasteiger partial charge in [0.05, 0.1) is 81.6 Å². The molecule has 2 aliphatic heterocycles. The minimum absolute atomic E-state index is 0.00355. The van der Waals surface area contributed by atoms with Crippen LogP contribution in [0.15, 0.2) is 77.7 Å². The molecular formula is C64H92Cl4N10O12S2. The monoisotopic (exact) mass is 1400 g/mol. The molecule has 0 bridgehead atoms. The second-order valence-corrected chi connectivity index (χ2v) is 28.8. The number of likely N-dealkylation sites (tertiary alicyclic amines) is 2. The van der Waals surface area contributed by atoms with Crippen molar-refractivity contribution in [3.8, 4) is 11.5 Å². The number of sulfonamides is 1. The van der Waals surface area contributed by atoms with Crippen LogP contribution in [0.3, 0.4) is 0 Å². The largest absolute Gasteiger partial charge is 0.484 e. The average molecular weight is 1400 g/mol. The second kappa shape index (κ2) is 36.1. The number of unbranched alkanes of at least 4 members (excludes halogenated alkanes) is 1. The van der Waals surface area contributed by atoms with Crippen LogP contribution < -0.4 is 51.2 Å². The van der Waals surface area contributed by atoms with Gasteiger partial charge in [-0.3, -0.25) is 18.7 Å². The van der Waals surface area contributed by atoms with Crippen LogP contribution >= 0.6 is 46.4 Å². The normalized spacial score (nSPS) is 21.1. The number of anilines is 1. The molecule has 28 heteroatoms. The standard InChI is InChI=1S/C64H92Cl4N10O12S2/c1-41(2)57(75-92(83,84)50-17-15-49(16-18-50)90-62-54-32-44(66)34-56(68)52(54)36-59(62)77-24-8-10-46(70)38-77)39-87-29-27-85-25-21-73-63(79)71-19-5-6-20-72-64(80)74-22-26-86-28-30-88-40-60(42(3)4)78(91(81)82)47-11-13-48(14-12-47)89-61-53-31-43(65)33-55(67)51(53)35-58(61)76-23-7-9-45(69)37-76/h11-18,31-34,41-42,45-46,57-62,75H,5-10,19-30,35-40,69-70H2,1-4H3,(H,81,82)(H2,71,73,79)(H2,72,74,80)/t45-,46-,57-,58+,59+,60-,61+,62+/m1/s1. The fourth-order valence-corrected chi connectivity index (χ4v) is 15.5. The van der Waals surface area contributed by atoms with E-state index in [1.54, 1.807) is 48.5 Å². The number of halogens is 4. The summed E-state index contributed by atoms with van der Waals surface area (Å²) in [7, 11) is -3.91. The summed E-state index contributed by atoms with van der Waals surface area (Å²) in [6.07, 6.45) is 5.94. The lowest BCUT2D eigenvalue weighted by Crippen LogP contribution is -2.49. The maximum Gasteiger partial charge on any atom is 0.314 e. The van der Waals surface area contributed by atoms with Crippen LogP contribution in [-0.4, -0.2) is 181 Å². The van der Waals surface area contributed by atoms with Gasteiger partial charge in [-0.1, -0.05) is 74.1 Å². The van der Waals surface area contributed by atoms with E-state index >= 15 is 0 Å². The number of nitrogens with two attached hydrogens (primary N) is 2. The number of piperidine rings is 2. The van der Waals surface area contributed by atoms with Crippen LogP contribution in [0.5, 0.6) is 11.5 Å². The quantitative estimate of drug-likeness (QED) is 0.0158. The van der Waals surface area contributed by atoms with Gasteiger partial charge in [0.2, 0.25) is 10.0 Å². The Morgan fingerprint density at radius 3 is 1.52 bits per heavy atom. The van der Waals surface area contributed by atoms with E-state index < -0.39 is 33.4 Å². The van der Waals surface area contributed by atoms with Crippen LogP contribution in [-0.2, 0) is 53.1 Å². The Bertz CT molecular complexity index is 3150. The Kier molecular flexibility index (Phi) is 28.9. The Labute approximate surface area is 564 Å². The number of fused-ring (bicyclic) bond motifs is 2. The third-order valence-corrected chi connectivity index (χ3v) is 20.5. The van der Waals surface area contributed by atoms with Crippen molar-refractivity contribution in [1.82, 2.24) is 35.8 Å². The molecule has 2 heterocycles. The SMILES string of the molecule is CC(C)[C@@H](COCCOCCNC(=O)NCCCCNC(=O)NCCOCCOC[C@@H](NS(=O)(=O)c1ccc(O[C@H]2c3cc(Cl)cc(Cl)c3C[C@@H]2N2CCC[C@@H](N)C2)cc1)C(C)C)N(c1ccc(O[C@H]2c3cc(Cl)cc(Cl)c3C[C@@H]2N2CCC[C@@H](N)C2)cc1)S(=O)O. The summed E-state index contributed by atoms with van der Waals surface area (Å²) in [5, 5.41) is 13.4. The third-order valence-electron chi connectivity index (χ3n) is 17.1. The molecule has 0 radical (unpaired) electrons. The van der Waals surface area contributed by atoms with Gasteiger partial charge in [-0.25, -0.2) is 26.9 Å². The predicted molar refractivity (Wildman–Crippen MR) is 361 cm³/mol. The molecule has 0 spiro atoms. The van der Waals surface area contributed by atoms with Crippen molar-refractivity contribution in [2.45, 2.75) is 132 Å². The highest BCUT2D eigenvalue weighted by Crippen LogP contribution is 2.45. The van der Waals surface area contributed by atoms with E-state index in [9.17, 15) is 26.8 Å². The molecule has 4 aromatic rings. The number of carbonyl (C=O) groups is 2. The smallest absolute Gasteiger partial charge is 0.314 e. The first kappa shape index (κ1) is 73.5. The van der Waals surface area contributed by atoms with Crippen LogP contribution in [0.1, 0.15) is 101 Å². The fourth-order valence-electron chi connectivity index (χ4n) is 12.2. The van der Waals surface area contributed by atoms with E-state index in [0.29, 0.717) is 76.0 Å². The first-order chi connectivity index (χ1) is 44.1. The van der Waals surface area contributed by atoms with Crippen molar-refractivity contribution in [3.05, 3.63) is 115 Å². The van der Waals surface area contributed by atoms with Crippen LogP contribution in [0.4, 0.5) is 15.3 Å². The van der Waals surface area contributed by atoms with Gasteiger partial charge in [-0.05, 0) is 160 Å². The molecule has 0 aromatic heterocycles. The van der Waals surface area contributed by atoms with E-state index in [1.165, 1.54) is 16.4 Å². The van der Waals surface area contributed by atoms with E-state index in [2.05, 4.69) is 35.8 Å². The van der Waals surface area contributed by atoms with Crippen molar-refractivity contribution in [2.24, 2.45) is 23.3 Å². The Balaban J connectivity index is 0.630. The third kappa shape index (κ3) is 21.3. The molecule has 2 aliphatic carbocycles. The van der Waals surface area contributed by atoms with Crippen molar-refractivity contribution in [3.63, 3.8) is 0 Å². The molecule has 4 aliphatic rings. The van der Waals surface area contributed by atoms with Gasteiger partial charge in [0.1, 0.15) is 23.7 Å². The van der Waals surface area contributed by atoms with E-state index in [1.807, 2.05) is 39.8 Å². The van der Waals surface area contributed by atoms with Crippen molar-refractivity contribution in [1.29, 1.82) is 0 Å². The molecule has 8 rings (SSSR count). The summed E-state index contributed by atoms with van der Waals surface area (Å²) in [5.41, 5.74) is 17.2. The van der Waals surface area contributed by atoms with Gasteiger partial charge in [-0.15, -0.1) is 0 Å². The number of urea groups is 2. The van der Waals surface area contributed by atoms with Crippen LogP contribution in [0.2, 0.25) is 20.1 Å². The molecule has 4 amide bonds. The number of hydrogen-bond donors (Lipinski definition) is 8. The van der Waals surface area contributed by atoms with Gasteiger partial charge < -0.3 is 61.2 Å². The molecule has 4 aromatic carbocycles. The van der Waals surface area contributed by atoms with Crippen molar-refractivity contribution >= 4 is 85.4 Å². The highest BCUT2D eigenvalue weighted by molar-refractivity contribution is 7.89. The number of rotatable bonds is 35. The number of nitrogens with one attached hydrogen (secondary N) is 5. The summed E-state index contributed by atoms with van der Waals surface area (Å²) in [4.78, 5) is 29.5. The molecule has 92 heavy (non-hydrogen) atoms. The van der Waals surface area contributed by atoms with Crippen LogP contribution in [0.25, 0.3) is 0 Å². The lowest BCUT2D eigenvalue weighted by Gasteiger charge is -2.38. The summed E-state index contributed by atoms with van der Waals surface area (Å²) < 4.78 is 91.1. The number of hydrogen-bond acceptors (Lipinski definition) is 15. The van der Waals surface area contributed by atoms with E-state index in [-0.39, 0.29) is 131 Å². The molecule has 1 unspecified atom stereocenters. The predicted octanol–water partition coefficient (Wildman–Crippen LogP) is 8.65. The zero-order chi connectivity index (χ0) is 65.9. The molecule has 22 nitrogen and oxygen atoms in total. The number of benzene rings is 4. The first-order valence-corrected chi connectivity index (χ1v) is 36.0. The van der Waals surface area contributed by atoms with Crippen molar-refractivity contribution in [2.75, 3.05) is 110 Å². The second-order valence-electron chi connectivity index (χ2n) is 24.6. The lowest BCUT2D eigenvalue weighted by atomic mass is 10.0. The molecule has 2 saturated heterocycles. The fraction of sp³-hybridized carbons (Fsp3) is 0.594. The zero-order valence-corrected chi connectivity index (χ0v) is 57.6. The lowest BCUT2D eigenvalue weighted by molar-refractivity contribution is 0.0382. The number of carbonyl (C=O) groups excluding carboxylic acids is 2. The maximum absolute atomic E-state index is 13.6. The molecule has 9 atom stereocenters. The topological polar surface area (TPSA) is 283 Å². The number of ether oxygens (including phenoxy) is 6. The minimum Gasteiger partial charge on any atom is -0.484 e. The first-order valence-electron chi connectivity index (χ1n) is 31.9. The molecule has 0 saturated carbocycles. The summed E-state index contributed by atoms with van der Waals surface area (Å²) in [6, 6.07) is 19.4. The van der Waals surface area contributed by atoms with E-state index in [4.69, 9.17) is 86.3 Å². The highest BCUT2D eigenvalue weighted by atomic mass is 35.5. The number of amides is 4. The average Bonchev–Trinajstić information content (AvgIpc) is 1.62. The van der Waals surface area contributed by atoms with Crippen LogP contribution in [0, 0.1) is 11.8 Å². The molecule has 2 fully saturated rings. The molecular weight excluding hydrogens is 1310 g/mol. The molecule has 10 N–H and O–H groups in total. The van der Waals surface area contributed by atoms with Crippen molar-refractivity contribution < 1.29 is 55.2 Å². The van der Waals surface area contributed by atoms with Gasteiger partial charge in [-0.2, -0.15) is 0 Å².